The highest BCUT2D eigenvalue weighted by Crippen LogP contribution is 2.23. The van der Waals surface area contributed by atoms with E-state index in [-0.39, 0.29) is 17.6 Å². The molecule has 2 aromatic rings. The number of nitrogens with zero attached hydrogens (tertiary/aromatic N) is 2. The van der Waals surface area contributed by atoms with Gasteiger partial charge in [0.2, 0.25) is 5.91 Å². The summed E-state index contributed by atoms with van der Waals surface area (Å²) in [6, 6.07) is 16.9. The van der Waals surface area contributed by atoms with Gasteiger partial charge in [-0.1, -0.05) is 24.3 Å². The summed E-state index contributed by atoms with van der Waals surface area (Å²) in [4.78, 5) is 29.5. The Balaban J connectivity index is 1.55. The van der Waals surface area contributed by atoms with Crippen molar-refractivity contribution in [3.05, 3.63) is 72.8 Å². The summed E-state index contributed by atoms with van der Waals surface area (Å²) in [7, 11) is 1.61. The van der Waals surface area contributed by atoms with Gasteiger partial charge in [-0.3, -0.25) is 14.5 Å². The lowest BCUT2D eigenvalue weighted by Gasteiger charge is -2.32. The zero-order valence-corrected chi connectivity index (χ0v) is 16.9. The maximum atomic E-state index is 12.9. The lowest BCUT2D eigenvalue weighted by Crippen LogP contribution is -2.44. The standard InChI is InChI=1S/C24H28N2O3/c1-3-15-26(21-7-5-4-6-8-21)23(27)18-25-16-13-20(14-17-25)24(28)19-9-11-22(29-2)12-10-19/h3-12,20H,1,13-18H2,2H3. The highest BCUT2D eigenvalue weighted by Gasteiger charge is 2.27. The number of rotatable bonds is 8. The summed E-state index contributed by atoms with van der Waals surface area (Å²) >= 11 is 0. The molecule has 1 aliphatic rings. The predicted molar refractivity (Wildman–Crippen MR) is 115 cm³/mol. The number of hydrogen-bond acceptors (Lipinski definition) is 4. The average molecular weight is 392 g/mol. The van der Waals surface area contributed by atoms with E-state index in [4.69, 9.17) is 4.74 Å². The van der Waals surface area contributed by atoms with Gasteiger partial charge in [-0.25, -0.2) is 0 Å². The van der Waals surface area contributed by atoms with E-state index in [1.807, 2.05) is 54.6 Å². The van der Waals surface area contributed by atoms with Crippen molar-refractivity contribution in [3.8, 4) is 5.75 Å². The molecule has 0 aliphatic carbocycles. The van der Waals surface area contributed by atoms with Crippen LogP contribution in [0.3, 0.4) is 0 Å². The van der Waals surface area contributed by atoms with Gasteiger partial charge in [0.25, 0.3) is 0 Å². The molecular weight excluding hydrogens is 364 g/mol. The van der Waals surface area contributed by atoms with Crippen LogP contribution >= 0.6 is 0 Å². The fraction of sp³-hybridized carbons (Fsp3) is 0.333. The molecule has 152 valence electrons. The molecule has 1 heterocycles. The third-order valence-electron chi connectivity index (χ3n) is 5.37. The van der Waals surface area contributed by atoms with E-state index in [2.05, 4.69) is 11.5 Å². The van der Waals surface area contributed by atoms with Crippen LogP contribution < -0.4 is 9.64 Å². The number of likely N-dealkylation sites (tertiary alicyclic amines) is 1. The number of carbonyl (C=O) groups is 2. The molecule has 5 heteroatoms. The second-order valence-electron chi connectivity index (χ2n) is 7.27. The number of methoxy groups -OCH3 is 1. The summed E-state index contributed by atoms with van der Waals surface area (Å²) in [5.74, 6) is 0.984. The number of anilines is 1. The molecule has 2 aromatic carbocycles. The van der Waals surface area contributed by atoms with Crippen LogP contribution in [-0.4, -0.2) is 49.9 Å². The SMILES string of the molecule is C=CCN(C(=O)CN1CCC(C(=O)c2ccc(OC)cc2)CC1)c1ccccc1. The molecule has 0 spiro atoms. The Morgan fingerprint density at radius 1 is 1.10 bits per heavy atom. The van der Waals surface area contributed by atoms with E-state index >= 15 is 0 Å². The normalized spacial score (nSPS) is 14.9. The Morgan fingerprint density at radius 2 is 1.76 bits per heavy atom. The number of Topliss-reactive ketones (excluding diaryl/α,β-unsaturated/α-hetero) is 1. The molecule has 0 aromatic heterocycles. The van der Waals surface area contributed by atoms with E-state index in [9.17, 15) is 9.59 Å². The van der Waals surface area contributed by atoms with Crippen LogP contribution in [0.4, 0.5) is 5.69 Å². The van der Waals surface area contributed by atoms with Crippen molar-refractivity contribution in [2.24, 2.45) is 5.92 Å². The van der Waals surface area contributed by atoms with E-state index in [0.717, 1.165) is 42.9 Å². The van der Waals surface area contributed by atoms with Gasteiger partial charge in [0, 0.05) is 23.7 Å². The van der Waals surface area contributed by atoms with Crippen LogP contribution in [0.1, 0.15) is 23.2 Å². The Bertz CT molecular complexity index is 825. The fourth-order valence-corrected chi connectivity index (χ4v) is 3.71. The minimum Gasteiger partial charge on any atom is -0.497 e. The van der Waals surface area contributed by atoms with E-state index < -0.39 is 0 Å². The van der Waals surface area contributed by atoms with Crippen molar-refractivity contribution in [2.45, 2.75) is 12.8 Å². The fourth-order valence-electron chi connectivity index (χ4n) is 3.71. The van der Waals surface area contributed by atoms with Crippen LogP contribution in [0.25, 0.3) is 0 Å². The zero-order chi connectivity index (χ0) is 20.6. The number of para-hydroxylation sites is 1. The van der Waals surface area contributed by atoms with Crippen LogP contribution in [-0.2, 0) is 4.79 Å². The highest BCUT2D eigenvalue weighted by molar-refractivity contribution is 5.98. The molecule has 1 fully saturated rings. The maximum Gasteiger partial charge on any atom is 0.241 e. The predicted octanol–water partition coefficient (Wildman–Crippen LogP) is 3.81. The number of ketones is 1. The molecule has 3 rings (SSSR count). The van der Waals surface area contributed by atoms with Crippen molar-refractivity contribution in [1.29, 1.82) is 0 Å². The van der Waals surface area contributed by atoms with Crippen molar-refractivity contribution in [1.82, 2.24) is 4.90 Å². The molecule has 0 radical (unpaired) electrons. The Morgan fingerprint density at radius 3 is 2.34 bits per heavy atom. The van der Waals surface area contributed by atoms with Gasteiger partial charge in [0.05, 0.1) is 13.7 Å². The first-order chi connectivity index (χ1) is 14.1. The molecule has 1 amide bonds. The van der Waals surface area contributed by atoms with Gasteiger partial charge in [-0.15, -0.1) is 6.58 Å². The number of carbonyl (C=O) groups excluding carboxylic acids is 2. The molecule has 0 bridgehead atoms. The van der Waals surface area contributed by atoms with Gasteiger partial charge < -0.3 is 9.64 Å². The topological polar surface area (TPSA) is 49.9 Å². The first kappa shape index (κ1) is 20.8. The number of amides is 1. The van der Waals surface area contributed by atoms with E-state index in [0.29, 0.717) is 13.1 Å². The minimum absolute atomic E-state index is 0.00754. The van der Waals surface area contributed by atoms with E-state index in [1.165, 1.54) is 0 Å². The molecule has 0 unspecified atom stereocenters. The summed E-state index contributed by atoms with van der Waals surface area (Å²) in [5.41, 5.74) is 1.60. The Labute approximate surface area is 172 Å². The number of ether oxygens (including phenoxy) is 1. The molecular formula is C24H28N2O3. The number of piperidine rings is 1. The molecule has 1 aliphatic heterocycles. The Kier molecular flexibility index (Phi) is 7.19. The minimum atomic E-state index is 0.00754. The third-order valence-corrected chi connectivity index (χ3v) is 5.37. The van der Waals surface area contributed by atoms with Gasteiger partial charge in [-0.05, 0) is 62.3 Å². The quantitative estimate of drug-likeness (QED) is 0.506. The van der Waals surface area contributed by atoms with Crippen LogP contribution in [0.5, 0.6) is 5.75 Å². The van der Waals surface area contributed by atoms with Crippen molar-refractivity contribution in [2.75, 3.05) is 38.2 Å². The maximum absolute atomic E-state index is 12.9. The molecule has 0 saturated carbocycles. The second-order valence-corrected chi connectivity index (χ2v) is 7.27. The lowest BCUT2D eigenvalue weighted by atomic mass is 9.89. The highest BCUT2D eigenvalue weighted by atomic mass is 16.5. The molecule has 1 saturated heterocycles. The van der Waals surface area contributed by atoms with Gasteiger partial charge in [-0.2, -0.15) is 0 Å². The van der Waals surface area contributed by atoms with Crippen LogP contribution in [0, 0.1) is 5.92 Å². The molecule has 0 atom stereocenters. The summed E-state index contributed by atoms with van der Waals surface area (Å²) in [6.45, 7) is 6.10. The first-order valence-electron chi connectivity index (χ1n) is 9.99. The molecule has 29 heavy (non-hydrogen) atoms. The van der Waals surface area contributed by atoms with Crippen LogP contribution in [0.15, 0.2) is 67.3 Å². The summed E-state index contributed by atoms with van der Waals surface area (Å²) in [6.07, 6.45) is 3.28. The molecule has 0 N–H and O–H groups in total. The largest absolute Gasteiger partial charge is 0.497 e. The average Bonchev–Trinajstić information content (AvgIpc) is 2.78. The van der Waals surface area contributed by atoms with Gasteiger partial charge in [0.15, 0.2) is 5.78 Å². The smallest absolute Gasteiger partial charge is 0.241 e. The van der Waals surface area contributed by atoms with Gasteiger partial charge >= 0.3 is 0 Å². The first-order valence-corrected chi connectivity index (χ1v) is 9.99. The summed E-state index contributed by atoms with van der Waals surface area (Å²) < 4.78 is 5.15. The van der Waals surface area contributed by atoms with Crippen molar-refractivity contribution >= 4 is 17.4 Å². The monoisotopic (exact) mass is 392 g/mol. The van der Waals surface area contributed by atoms with Gasteiger partial charge in [0.1, 0.15) is 5.75 Å². The van der Waals surface area contributed by atoms with Crippen LogP contribution in [0.2, 0.25) is 0 Å². The Hall–Kier alpha value is -2.92. The molecule has 5 nitrogen and oxygen atoms in total. The third kappa shape index (κ3) is 5.33. The zero-order valence-electron chi connectivity index (χ0n) is 16.9. The van der Waals surface area contributed by atoms with E-state index in [1.54, 1.807) is 18.1 Å². The second kappa shape index (κ2) is 10.0. The lowest BCUT2D eigenvalue weighted by molar-refractivity contribution is -0.119. The van der Waals surface area contributed by atoms with Crippen molar-refractivity contribution in [3.63, 3.8) is 0 Å². The summed E-state index contributed by atoms with van der Waals surface area (Å²) in [5, 5.41) is 0. The number of benzene rings is 2. The van der Waals surface area contributed by atoms with Crippen molar-refractivity contribution < 1.29 is 14.3 Å². The number of hydrogen-bond donors (Lipinski definition) is 0.